The summed E-state index contributed by atoms with van der Waals surface area (Å²) in [5.41, 5.74) is 6.14. The van der Waals surface area contributed by atoms with E-state index in [0.29, 0.717) is 43.1 Å². The highest BCUT2D eigenvalue weighted by molar-refractivity contribution is 9.10. The van der Waals surface area contributed by atoms with E-state index in [1.807, 2.05) is 72.8 Å². The molecule has 1 amide bonds. The number of benzene rings is 3. The van der Waals surface area contributed by atoms with Crippen molar-refractivity contribution in [2.75, 3.05) is 19.8 Å². The molecule has 2 atom stereocenters. The number of aliphatic hydroxyl groups is 2. The van der Waals surface area contributed by atoms with E-state index in [1.165, 1.54) is 0 Å². The fourth-order valence-corrected chi connectivity index (χ4v) is 6.40. The van der Waals surface area contributed by atoms with Gasteiger partial charge in [-0.25, -0.2) is 10.4 Å². The summed E-state index contributed by atoms with van der Waals surface area (Å²) in [6.07, 6.45) is 4.52. The summed E-state index contributed by atoms with van der Waals surface area (Å²) in [6.45, 7) is 0.730. The highest BCUT2D eigenvalue weighted by Crippen LogP contribution is 2.44. The van der Waals surface area contributed by atoms with Gasteiger partial charge in [0.1, 0.15) is 5.75 Å². The summed E-state index contributed by atoms with van der Waals surface area (Å²) >= 11 is 7.18. The fraction of sp³-hybridized carbons (Fsp3) is 0.394. The van der Waals surface area contributed by atoms with E-state index in [2.05, 4.69) is 42.7 Å². The summed E-state index contributed by atoms with van der Waals surface area (Å²) in [7, 11) is 0. The second-order valence-electron chi connectivity index (χ2n) is 11.2. The number of hydrogen-bond donors (Lipinski definition) is 4. The van der Waals surface area contributed by atoms with E-state index in [4.69, 9.17) is 19.6 Å². The third-order valence-corrected chi connectivity index (χ3v) is 9.26. The predicted molar refractivity (Wildman–Crippen MR) is 173 cm³/mol. The Bertz CT molecular complexity index is 1410. The van der Waals surface area contributed by atoms with E-state index in [9.17, 15) is 9.90 Å². The molecule has 0 unspecified atom stereocenters. The number of nitrogens with zero attached hydrogens (tertiary/aromatic N) is 1. The van der Waals surface area contributed by atoms with Crippen molar-refractivity contribution in [3.8, 4) is 5.75 Å². The molecular weight excluding hydrogens is 678 g/mol. The van der Waals surface area contributed by atoms with Gasteiger partial charge in [-0.15, -0.1) is 0 Å². The van der Waals surface area contributed by atoms with Crippen LogP contribution in [0.2, 0.25) is 0 Å². The molecule has 0 bridgehead atoms. The third kappa shape index (κ3) is 7.67. The number of carbonyl (C=O) groups excluding carboxylic acids is 1. The van der Waals surface area contributed by atoms with Crippen LogP contribution in [0.25, 0.3) is 0 Å². The van der Waals surface area contributed by atoms with Crippen LogP contribution in [0.3, 0.4) is 0 Å². The standard InChI is InChI=1S/C33H37Br2N3O5/c34-25-13-9-23(10-14-25)21-33(31(40)38-36-22-32(41)17-4-1-5-18-32)29(27-7-2-3-8-28(27)35)43-30(37-33)24-11-15-26(16-12-24)42-20-6-19-39/h2-3,7-16,29,36,39,41H,1,4-6,17-22H2,(H,38,40)/t29-,33-/m0/s1. The predicted octanol–water partition coefficient (Wildman–Crippen LogP) is 5.79. The van der Waals surface area contributed by atoms with Gasteiger partial charge in [0.15, 0.2) is 11.6 Å². The molecule has 1 fully saturated rings. The SMILES string of the molecule is O=C(NNCC1(O)CCCCC1)[C@@]1(Cc2ccc(Br)cc2)N=C(c2ccc(OCCCO)cc2)O[C@H]1c1ccccc1Br. The smallest absolute Gasteiger partial charge is 0.266 e. The molecule has 0 saturated heterocycles. The molecule has 0 spiro atoms. The largest absolute Gasteiger partial charge is 0.494 e. The molecule has 228 valence electrons. The molecule has 4 N–H and O–H groups in total. The van der Waals surface area contributed by atoms with Crippen LogP contribution in [-0.2, 0) is 16.0 Å². The first kappa shape index (κ1) is 31.7. The number of carbonyl (C=O) groups is 1. The van der Waals surface area contributed by atoms with Gasteiger partial charge in [0.25, 0.3) is 5.91 Å². The quantitative estimate of drug-likeness (QED) is 0.140. The van der Waals surface area contributed by atoms with E-state index < -0.39 is 17.2 Å². The van der Waals surface area contributed by atoms with Crippen LogP contribution < -0.4 is 15.6 Å². The molecule has 1 aliphatic carbocycles. The Hall–Kier alpha value is -2.76. The zero-order valence-corrected chi connectivity index (χ0v) is 27.1. The minimum atomic E-state index is -1.37. The summed E-state index contributed by atoms with van der Waals surface area (Å²) in [6, 6.07) is 22.9. The Labute approximate surface area is 269 Å². The minimum absolute atomic E-state index is 0.0653. The average Bonchev–Trinajstić information content (AvgIpc) is 3.39. The van der Waals surface area contributed by atoms with Crippen molar-refractivity contribution in [2.24, 2.45) is 4.99 Å². The van der Waals surface area contributed by atoms with Crippen LogP contribution in [-0.4, -0.2) is 52.9 Å². The lowest BCUT2D eigenvalue weighted by atomic mass is 9.82. The number of aliphatic hydroxyl groups excluding tert-OH is 1. The van der Waals surface area contributed by atoms with Crippen LogP contribution >= 0.6 is 31.9 Å². The van der Waals surface area contributed by atoms with Crippen molar-refractivity contribution in [3.05, 3.63) is 98.4 Å². The molecule has 3 aromatic carbocycles. The lowest BCUT2D eigenvalue weighted by Crippen LogP contribution is -2.56. The van der Waals surface area contributed by atoms with Gasteiger partial charge in [0.2, 0.25) is 5.90 Å². The van der Waals surface area contributed by atoms with Crippen molar-refractivity contribution in [1.29, 1.82) is 0 Å². The summed E-state index contributed by atoms with van der Waals surface area (Å²) in [4.78, 5) is 19.4. The number of hydrogen-bond acceptors (Lipinski definition) is 7. The maximum atomic E-state index is 14.4. The molecule has 1 saturated carbocycles. The van der Waals surface area contributed by atoms with Crippen molar-refractivity contribution in [3.63, 3.8) is 0 Å². The van der Waals surface area contributed by atoms with Gasteiger partial charge in [0, 0.05) is 46.1 Å². The second kappa shape index (κ2) is 14.3. The van der Waals surface area contributed by atoms with Crippen LogP contribution in [0.5, 0.6) is 5.75 Å². The normalized spacial score (nSPS) is 21.1. The monoisotopic (exact) mass is 713 g/mol. The van der Waals surface area contributed by atoms with E-state index in [1.54, 1.807) is 0 Å². The number of ether oxygens (including phenoxy) is 2. The zero-order valence-electron chi connectivity index (χ0n) is 23.9. The molecule has 2 aliphatic rings. The number of amides is 1. The van der Waals surface area contributed by atoms with Gasteiger partial charge in [-0.2, -0.15) is 0 Å². The van der Waals surface area contributed by atoms with Gasteiger partial charge < -0.3 is 19.7 Å². The van der Waals surface area contributed by atoms with Gasteiger partial charge >= 0.3 is 0 Å². The van der Waals surface area contributed by atoms with Crippen LogP contribution in [0.1, 0.15) is 61.3 Å². The molecular formula is C33H37Br2N3O5. The average molecular weight is 715 g/mol. The first-order valence-corrected chi connectivity index (χ1v) is 16.3. The van der Waals surface area contributed by atoms with E-state index >= 15 is 0 Å². The lowest BCUT2D eigenvalue weighted by molar-refractivity contribution is -0.130. The van der Waals surface area contributed by atoms with Crippen molar-refractivity contribution < 1.29 is 24.5 Å². The van der Waals surface area contributed by atoms with Gasteiger partial charge in [-0.3, -0.25) is 10.2 Å². The molecule has 3 aromatic rings. The maximum absolute atomic E-state index is 14.4. The number of halogens is 2. The number of hydrazine groups is 1. The Balaban J connectivity index is 1.50. The Morgan fingerprint density at radius 1 is 1.00 bits per heavy atom. The summed E-state index contributed by atoms with van der Waals surface area (Å²) in [5, 5.41) is 20.1. The number of aliphatic imine (C=N–C) groups is 1. The first-order valence-electron chi connectivity index (χ1n) is 14.7. The highest BCUT2D eigenvalue weighted by atomic mass is 79.9. The Morgan fingerprint density at radius 3 is 2.42 bits per heavy atom. The Kier molecular flexibility index (Phi) is 10.6. The number of rotatable bonds is 12. The van der Waals surface area contributed by atoms with Gasteiger partial charge in [0.05, 0.1) is 12.2 Å². The molecule has 5 rings (SSSR count). The molecule has 10 heteroatoms. The van der Waals surface area contributed by atoms with Crippen molar-refractivity contribution in [2.45, 2.75) is 62.2 Å². The Morgan fingerprint density at radius 2 is 1.72 bits per heavy atom. The fourth-order valence-electron chi connectivity index (χ4n) is 5.64. The first-order chi connectivity index (χ1) is 20.8. The van der Waals surface area contributed by atoms with Gasteiger partial charge in [-0.05, 0) is 60.9 Å². The molecule has 0 aromatic heterocycles. The molecule has 0 radical (unpaired) electrons. The summed E-state index contributed by atoms with van der Waals surface area (Å²) in [5.74, 6) is 0.664. The van der Waals surface area contributed by atoms with Crippen LogP contribution in [0.15, 0.2) is 86.7 Å². The maximum Gasteiger partial charge on any atom is 0.266 e. The molecule has 1 aliphatic heterocycles. The van der Waals surface area contributed by atoms with Crippen molar-refractivity contribution in [1.82, 2.24) is 10.9 Å². The number of nitrogens with one attached hydrogen (secondary N) is 2. The van der Waals surface area contributed by atoms with E-state index in [-0.39, 0.29) is 25.5 Å². The second-order valence-corrected chi connectivity index (χ2v) is 13.0. The van der Waals surface area contributed by atoms with E-state index in [0.717, 1.165) is 39.3 Å². The molecule has 8 nitrogen and oxygen atoms in total. The molecule has 1 heterocycles. The van der Waals surface area contributed by atoms with Gasteiger partial charge in [-0.1, -0.05) is 81.5 Å². The van der Waals surface area contributed by atoms with Crippen molar-refractivity contribution >= 4 is 43.7 Å². The van der Waals surface area contributed by atoms with Crippen LogP contribution in [0, 0.1) is 0 Å². The lowest BCUT2D eigenvalue weighted by Gasteiger charge is -2.34. The highest BCUT2D eigenvalue weighted by Gasteiger charge is 2.54. The minimum Gasteiger partial charge on any atom is -0.494 e. The van der Waals surface area contributed by atoms with Crippen LogP contribution in [0.4, 0.5) is 0 Å². The topological polar surface area (TPSA) is 112 Å². The third-order valence-electron chi connectivity index (χ3n) is 8.01. The summed E-state index contributed by atoms with van der Waals surface area (Å²) < 4.78 is 14.0. The molecule has 43 heavy (non-hydrogen) atoms. The zero-order chi connectivity index (χ0) is 30.3.